The minimum atomic E-state index is 0.657. The van der Waals surface area contributed by atoms with Gasteiger partial charge in [0.15, 0.2) is 0 Å². The molecule has 0 aliphatic rings. The Bertz CT molecular complexity index is 340. The van der Waals surface area contributed by atoms with Gasteiger partial charge in [-0.25, -0.2) is 0 Å². The van der Waals surface area contributed by atoms with E-state index in [1.807, 2.05) is 19.1 Å². The van der Waals surface area contributed by atoms with Crippen molar-refractivity contribution in [3.8, 4) is 11.8 Å². The maximum absolute atomic E-state index is 8.39. The van der Waals surface area contributed by atoms with Gasteiger partial charge in [-0.15, -0.1) is 0 Å². The van der Waals surface area contributed by atoms with Gasteiger partial charge in [0, 0.05) is 13.0 Å². The molecule has 17 heavy (non-hydrogen) atoms. The van der Waals surface area contributed by atoms with Gasteiger partial charge in [0.05, 0.1) is 12.7 Å². The number of nitriles is 1. The number of ether oxygens (including phenoxy) is 1. The number of nitrogens with one attached hydrogen (secondary N) is 1. The fourth-order valence-electron chi connectivity index (χ4n) is 1.56. The van der Waals surface area contributed by atoms with Gasteiger partial charge >= 0.3 is 0 Å². The Morgan fingerprint density at radius 1 is 1.24 bits per heavy atom. The number of hydrogen-bond acceptors (Lipinski definition) is 3. The molecular weight excluding hydrogens is 212 g/mol. The maximum Gasteiger partial charge on any atom is 0.119 e. The Morgan fingerprint density at radius 3 is 2.65 bits per heavy atom. The molecule has 0 heterocycles. The van der Waals surface area contributed by atoms with E-state index in [4.69, 9.17) is 10.00 Å². The fraction of sp³-hybridized carbons (Fsp3) is 0.500. The molecule has 0 saturated heterocycles. The van der Waals surface area contributed by atoms with Gasteiger partial charge in [-0.05, 0) is 44.0 Å². The molecule has 3 nitrogen and oxygen atoms in total. The number of hydrogen-bond donors (Lipinski definition) is 1. The molecule has 0 saturated carbocycles. The summed E-state index contributed by atoms with van der Waals surface area (Å²) in [6, 6.07) is 10.3. The van der Waals surface area contributed by atoms with Crippen LogP contribution in [-0.4, -0.2) is 13.2 Å². The molecule has 0 atom stereocenters. The molecule has 1 rings (SSSR count). The lowest BCUT2D eigenvalue weighted by atomic mass is 10.2. The first-order chi connectivity index (χ1) is 8.36. The largest absolute Gasteiger partial charge is 0.494 e. The van der Waals surface area contributed by atoms with Crippen LogP contribution in [0.15, 0.2) is 24.3 Å². The Morgan fingerprint density at radius 2 is 2.00 bits per heavy atom. The van der Waals surface area contributed by atoms with Gasteiger partial charge < -0.3 is 10.1 Å². The first-order valence-electron chi connectivity index (χ1n) is 6.16. The normalized spacial score (nSPS) is 9.88. The van der Waals surface area contributed by atoms with Crippen molar-refractivity contribution in [3.63, 3.8) is 0 Å². The molecule has 0 spiro atoms. The van der Waals surface area contributed by atoms with Crippen LogP contribution in [0.3, 0.4) is 0 Å². The summed E-state index contributed by atoms with van der Waals surface area (Å²) in [5.41, 5.74) is 1.26. The van der Waals surface area contributed by atoms with Crippen molar-refractivity contribution in [3.05, 3.63) is 29.8 Å². The molecule has 1 aromatic carbocycles. The second kappa shape index (κ2) is 8.60. The monoisotopic (exact) mass is 232 g/mol. The van der Waals surface area contributed by atoms with Gasteiger partial charge in [-0.2, -0.15) is 5.26 Å². The second-order valence-electron chi connectivity index (χ2n) is 3.87. The van der Waals surface area contributed by atoms with Crippen LogP contribution in [0.2, 0.25) is 0 Å². The van der Waals surface area contributed by atoms with E-state index in [0.29, 0.717) is 13.0 Å². The summed E-state index contributed by atoms with van der Waals surface area (Å²) >= 11 is 0. The van der Waals surface area contributed by atoms with Crippen LogP contribution in [0, 0.1) is 11.3 Å². The molecule has 0 aromatic heterocycles. The highest BCUT2D eigenvalue weighted by Crippen LogP contribution is 2.11. The lowest BCUT2D eigenvalue weighted by molar-refractivity contribution is 0.340. The van der Waals surface area contributed by atoms with Crippen LogP contribution in [0.5, 0.6) is 5.75 Å². The van der Waals surface area contributed by atoms with Crippen molar-refractivity contribution in [1.82, 2.24) is 5.32 Å². The van der Waals surface area contributed by atoms with E-state index in [-0.39, 0.29) is 0 Å². The molecular formula is C14H20N2O. The van der Waals surface area contributed by atoms with Gasteiger partial charge in [-0.3, -0.25) is 0 Å². The van der Waals surface area contributed by atoms with E-state index >= 15 is 0 Å². The number of nitrogens with zero attached hydrogens (tertiary/aromatic N) is 1. The number of benzene rings is 1. The van der Waals surface area contributed by atoms with Crippen molar-refractivity contribution in [2.75, 3.05) is 13.2 Å². The minimum Gasteiger partial charge on any atom is -0.494 e. The molecule has 0 fully saturated rings. The van der Waals surface area contributed by atoms with Crippen molar-refractivity contribution >= 4 is 0 Å². The summed E-state index contributed by atoms with van der Waals surface area (Å²) in [4.78, 5) is 0. The lowest BCUT2D eigenvalue weighted by Crippen LogP contribution is -2.14. The van der Waals surface area contributed by atoms with E-state index in [1.54, 1.807) is 0 Å². The number of rotatable bonds is 8. The topological polar surface area (TPSA) is 45.0 Å². The first-order valence-corrected chi connectivity index (χ1v) is 6.16. The Kier molecular flexibility index (Phi) is 6.85. The molecule has 1 N–H and O–H groups in total. The Hall–Kier alpha value is -1.53. The highest BCUT2D eigenvalue weighted by molar-refractivity contribution is 5.27. The third kappa shape index (κ3) is 5.94. The fourth-order valence-corrected chi connectivity index (χ4v) is 1.56. The molecule has 0 amide bonds. The highest BCUT2D eigenvalue weighted by atomic mass is 16.5. The van der Waals surface area contributed by atoms with Crippen LogP contribution in [0.1, 0.15) is 31.7 Å². The van der Waals surface area contributed by atoms with Gasteiger partial charge in [-0.1, -0.05) is 12.1 Å². The van der Waals surface area contributed by atoms with E-state index in [0.717, 1.165) is 31.7 Å². The third-order valence-corrected chi connectivity index (χ3v) is 2.46. The zero-order chi connectivity index (χ0) is 12.3. The average Bonchev–Trinajstić information content (AvgIpc) is 2.36. The van der Waals surface area contributed by atoms with Gasteiger partial charge in [0.25, 0.3) is 0 Å². The lowest BCUT2D eigenvalue weighted by Gasteiger charge is -2.06. The first kappa shape index (κ1) is 13.5. The summed E-state index contributed by atoms with van der Waals surface area (Å²) in [5.74, 6) is 0.922. The molecule has 0 bridgehead atoms. The standard InChI is InChI=1S/C14H20N2O/c1-2-17-14-8-6-13(7-9-14)12-16-11-5-3-4-10-15/h6-9,16H,2-5,11-12H2,1H3. The van der Waals surface area contributed by atoms with Crippen molar-refractivity contribution < 1.29 is 4.74 Å². The Labute approximate surface area is 103 Å². The molecule has 0 aliphatic carbocycles. The number of unbranched alkanes of at least 4 members (excludes halogenated alkanes) is 2. The summed E-state index contributed by atoms with van der Waals surface area (Å²) in [6.07, 6.45) is 2.70. The molecule has 0 aliphatic heterocycles. The van der Waals surface area contributed by atoms with Crippen LogP contribution in [0.4, 0.5) is 0 Å². The van der Waals surface area contributed by atoms with Crippen molar-refractivity contribution in [1.29, 1.82) is 5.26 Å². The smallest absolute Gasteiger partial charge is 0.119 e. The molecule has 0 radical (unpaired) electrons. The van der Waals surface area contributed by atoms with Crippen molar-refractivity contribution in [2.45, 2.75) is 32.7 Å². The highest BCUT2D eigenvalue weighted by Gasteiger charge is 1.94. The third-order valence-electron chi connectivity index (χ3n) is 2.46. The zero-order valence-corrected chi connectivity index (χ0v) is 10.4. The van der Waals surface area contributed by atoms with Gasteiger partial charge in [0.1, 0.15) is 5.75 Å². The zero-order valence-electron chi connectivity index (χ0n) is 10.4. The van der Waals surface area contributed by atoms with E-state index in [2.05, 4.69) is 23.5 Å². The predicted molar refractivity (Wildman–Crippen MR) is 68.8 cm³/mol. The van der Waals surface area contributed by atoms with E-state index in [9.17, 15) is 0 Å². The average molecular weight is 232 g/mol. The van der Waals surface area contributed by atoms with E-state index in [1.165, 1.54) is 5.56 Å². The second-order valence-corrected chi connectivity index (χ2v) is 3.87. The predicted octanol–water partition coefficient (Wildman–Crippen LogP) is 2.87. The minimum absolute atomic E-state index is 0.657. The summed E-state index contributed by atoms with van der Waals surface area (Å²) in [7, 11) is 0. The molecule has 3 heteroatoms. The van der Waals surface area contributed by atoms with Crippen LogP contribution in [-0.2, 0) is 6.54 Å². The molecule has 0 unspecified atom stereocenters. The van der Waals surface area contributed by atoms with Crippen LogP contribution in [0.25, 0.3) is 0 Å². The van der Waals surface area contributed by atoms with Crippen LogP contribution >= 0.6 is 0 Å². The summed E-state index contributed by atoms with van der Waals surface area (Å²) in [5, 5.41) is 11.8. The van der Waals surface area contributed by atoms with Gasteiger partial charge in [0.2, 0.25) is 0 Å². The summed E-state index contributed by atoms with van der Waals surface area (Å²) < 4.78 is 5.38. The summed E-state index contributed by atoms with van der Waals surface area (Å²) in [6.45, 7) is 4.53. The quantitative estimate of drug-likeness (QED) is 0.701. The van der Waals surface area contributed by atoms with E-state index < -0.39 is 0 Å². The maximum atomic E-state index is 8.39. The van der Waals surface area contributed by atoms with Crippen LogP contribution < -0.4 is 10.1 Å². The molecule has 92 valence electrons. The molecule has 1 aromatic rings. The Balaban J connectivity index is 2.16. The SMILES string of the molecule is CCOc1ccc(CNCCCCC#N)cc1. The van der Waals surface area contributed by atoms with Crippen molar-refractivity contribution in [2.24, 2.45) is 0 Å².